The lowest BCUT2D eigenvalue weighted by molar-refractivity contribution is -0.0165. The summed E-state index contributed by atoms with van der Waals surface area (Å²) in [5.74, 6) is 1.27. The maximum absolute atomic E-state index is 13.1. The minimum absolute atomic E-state index is 0.104. The van der Waals surface area contributed by atoms with Crippen molar-refractivity contribution in [1.82, 2.24) is 0 Å². The Morgan fingerprint density at radius 3 is 2.50 bits per heavy atom. The Kier molecular flexibility index (Phi) is 6.30. The summed E-state index contributed by atoms with van der Waals surface area (Å²) < 4.78 is 32.9. The van der Waals surface area contributed by atoms with Crippen molar-refractivity contribution in [3.63, 3.8) is 0 Å². The van der Waals surface area contributed by atoms with E-state index in [9.17, 15) is 9.59 Å². The van der Waals surface area contributed by atoms with Crippen molar-refractivity contribution in [1.29, 1.82) is 0 Å². The number of hydrogen-bond acceptors (Lipinski definition) is 8. The van der Waals surface area contributed by atoms with Gasteiger partial charge < -0.3 is 28.4 Å². The van der Waals surface area contributed by atoms with E-state index in [-0.39, 0.29) is 29.6 Å². The van der Waals surface area contributed by atoms with Crippen LogP contribution in [0.25, 0.3) is 6.08 Å². The predicted octanol–water partition coefficient (Wildman–Crippen LogP) is 5.37. The zero-order valence-corrected chi connectivity index (χ0v) is 20.4. The number of hydrogen-bond donors (Lipinski definition) is 0. The molecule has 9 heteroatoms. The minimum atomic E-state index is -0.611. The number of ketones is 1. The van der Waals surface area contributed by atoms with Crippen LogP contribution >= 0.6 is 11.6 Å². The Bertz CT molecular complexity index is 1400. The third-order valence-electron chi connectivity index (χ3n) is 5.82. The predicted molar refractivity (Wildman–Crippen MR) is 130 cm³/mol. The maximum Gasteiger partial charge on any atom is 0.343 e. The number of ether oxygens (including phenoxy) is 6. The highest BCUT2D eigenvalue weighted by Crippen LogP contribution is 2.41. The monoisotopic (exact) mass is 508 g/mol. The van der Waals surface area contributed by atoms with Gasteiger partial charge in [-0.25, -0.2) is 4.79 Å². The largest absolute Gasteiger partial charge is 0.497 e. The molecule has 0 aromatic heterocycles. The van der Waals surface area contributed by atoms with E-state index in [1.165, 1.54) is 14.2 Å². The van der Waals surface area contributed by atoms with Crippen molar-refractivity contribution in [2.75, 3.05) is 21.0 Å². The van der Waals surface area contributed by atoms with Crippen LogP contribution in [-0.4, -0.2) is 32.8 Å². The molecule has 0 spiro atoms. The van der Waals surface area contributed by atoms with Gasteiger partial charge in [-0.1, -0.05) is 11.6 Å². The van der Waals surface area contributed by atoms with Crippen molar-refractivity contribution in [3.05, 3.63) is 81.1 Å². The fraction of sp³-hybridized carbons (Fsp3) is 0.185. The number of Topliss-reactive ketones (excluding diaryl/α,β-unsaturated/α-hetero) is 1. The Hall–Kier alpha value is -4.01. The summed E-state index contributed by atoms with van der Waals surface area (Å²) in [5.41, 5.74) is 2.50. The number of halogens is 1. The molecule has 3 aromatic carbocycles. The highest BCUT2D eigenvalue weighted by molar-refractivity contribution is 6.31. The molecule has 2 aliphatic heterocycles. The zero-order chi connectivity index (χ0) is 25.4. The summed E-state index contributed by atoms with van der Waals surface area (Å²) >= 11 is 6.25. The van der Waals surface area contributed by atoms with Crippen LogP contribution in [0.1, 0.15) is 37.4 Å². The van der Waals surface area contributed by atoms with Crippen LogP contribution in [-0.2, 0) is 11.3 Å². The van der Waals surface area contributed by atoms with E-state index >= 15 is 0 Å². The van der Waals surface area contributed by atoms with Crippen molar-refractivity contribution in [2.45, 2.75) is 13.5 Å². The maximum atomic E-state index is 13.1. The number of carbonyl (C=O) groups is 2. The third-order valence-corrected chi connectivity index (χ3v) is 6.03. The van der Waals surface area contributed by atoms with Gasteiger partial charge in [0.15, 0.2) is 12.6 Å². The van der Waals surface area contributed by atoms with Crippen molar-refractivity contribution >= 4 is 29.4 Å². The van der Waals surface area contributed by atoms with E-state index in [0.29, 0.717) is 51.3 Å². The standard InChI is InChI=1S/C27H21ClO8/c1-14-22(36-27(30)16-8-19(31-2)11-20(9-16)32-3)5-4-21-24(29)23(35-25(14)21)10-15-6-18(28)7-17-12-33-13-34-26(15)17/h4-11H,12-13H2,1-3H3/b23-10-. The first kappa shape index (κ1) is 23.7. The number of fused-ring (bicyclic) bond motifs is 2. The third kappa shape index (κ3) is 4.36. The van der Waals surface area contributed by atoms with E-state index in [1.54, 1.807) is 55.5 Å². The summed E-state index contributed by atoms with van der Waals surface area (Å²) in [6.45, 7) is 2.17. The molecule has 5 rings (SSSR count). The first-order valence-electron chi connectivity index (χ1n) is 10.9. The molecule has 0 unspecified atom stereocenters. The number of allylic oxidation sites excluding steroid dienone is 1. The fourth-order valence-electron chi connectivity index (χ4n) is 4.02. The molecule has 2 heterocycles. The summed E-state index contributed by atoms with van der Waals surface area (Å²) in [7, 11) is 2.99. The smallest absolute Gasteiger partial charge is 0.343 e. The molecule has 8 nitrogen and oxygen atoms in total. The van der Waals surface area contributed by atoms with E-state index in [2.05, 4.69) is 0 Å². The Morgan fingerprint density at radius 1 is 1.03 bits per heavy atom. The average Bonchev–Trinajstić information content (AvgIpc) is 3.20. The van der Waals surface area contributed by atoms with Gasteiger partial charge in [-0.05, 0) is 49.4 Å². The molecule has 0 saturated carbocycles. The molecule has 0 radical (unpaired) electrons. The summed E-state index contributed by atoms with van der Waals surface area (Å²) in [6.07, 6.45) is 1.59. The van der Waals surface area contributed by atoms with E-state index in [1.807, 2.05) is 0 Å². The Balaban J connectivity index is 1.44. The fourth-order valence-corrected chi connectivity index (χ4v) is 4.27. The Labute approximate surface area is 211 Å². The second-order valence-electron chi connectivity index (χ2n) is 8.09. The lowest BCUT2D eigenvalue weighted by Gasteiger charge is -2.20. The molecule has 3 aromatic rings. The van der Waals surface area contributed by atoms with Crippen LogP contribution in [0.2, 0.25) is 5.02 Å². The molecular weight excluding hydrogens is 488 g/mol. The zero-order valence-electron chi connectivity index (χ0n) is 19.7. The first-order chi connectivity index (χ1) is 17.4. The summed E-state index contributed by atoms with van der Waals surface area (Å²) in [4.78, 5) is 25.9. The van der Waals surface area contributed by atoms with Crippen LogP contribution in [0.15, 0.2) is 48.2 Å². The van der Waals surface area contributed by atoms with Gasteiger partial charge in [0.2, 0.25) is 5.78 Å². The second-order valence-corrected chi connectivity index (χ2v) is 8.53. The molecular formula is C27H21ClO8. The van der Waals surface area contributed by atoms with Crippen LogP contribution in [0, 0.1) is 6.92 Å². The van der Waals surface area contributed by atoms with Gasteiger partial charge in [0, 0.05) is 27.8 Å². The molecule has 184 valence electrons. The van der Waals surface area contributed by atoms with E-state index in [4.69, 9.17) is 40.0 Å². The van der Waals surface area contributed by atoms with E-state index < -0.39 is 5.97 Å². The van der Waals surface area contributed by atoms with Gasteiger partial charge >= 0.3 is 5.97 Å². The highest BCUT2D eigenvalue weighted by Gasteiger charge is 2.31. The second kappa shape index (κ2) is 9.56. The van der Waals surface area contributed by atoms with Crippen molar-refractivity contribution < 1.29 is 38.0 Å². The quantitative estimate of drug-likeness (QED) is 0.258. The van der Waals surface area contributed by atoms with Crippen molar-refractivity contribution in [2.24, 2.45) is 0 Å². The van der Waals surface area contributed by atoms with Crippen molar-refractivity contribution in [3.8, 4) is 28.7 Å². The van der Waals surface area contributed by atoms with Crippen LogP contribution in [0.5, 0.6) is 28.7 Å². The van der Waals surface area contributed by atoms with Crippen LogP contribution < -0.4 is 23.7 Å². The van der Waals surface area contributed by atoms with Gasteiger partial charge in [-0.2, -0.15) is 0 Å². The molecule has 2 aliphatic rings. The molecule has 36 heavy (non-hydrogen) atoms. The number of carbonyl (C=O) groups excluding carboxylic acids is 2. The lowest BCUT2D eigenvalue weighted by Crippen LogP contribution is -2.12. The molecule has 0 amide bonds. The minimum Gasteiger partial charge on any atom is -0.497 e. The van der Waals surface area contributed by atoms with Crippen LogP contribution in [0.4, 0.5) is 0 Å². The lowest BCUT2D eigenvalue weighted by atomic mass is 10.0. The molecule has 0 atom stereocenters. The average molecular weight is 509 g/mol. The topological polar surface area (TPSA) is 89.5 Å². The van der Waals surface area contributed by atoms with E-state index in [0.717, 1.165) is 5.56 Å². The highest BCUT2D eigenvalue weighted by atomic mass is 35.5. The van der Waals surface area contributed by atoms with Gasteiger partial charge in [-0.15, -0.1) is 0 Å². The normalized spacial score (nSPS) is 15.0. The number of rotatable bonds is 5. The number of methoxy groups -OCH3 is 2. The Morgan fingerprint density at radius 2 is 1.78 bits per heavy atom. The number of esters is 1. The number of benzene rings is 3. The van der Waals surface area contributed by atoms with Gasteiger partial charge in [-0.3, -0.25) is 4.79 Å². The SMILES string of the molecule is COc1cc(OC)cc(C(=O)Oc2ccc3c(c2C)O/C(=C\c2cc(Cl)cc4c2OCOC4)C3=O)c1. The van der Waals surface area contributed by atoms with Gasteiger partial charge in [0.1, 0.15) is 28.7 Å². The molecule has 0 fully saturated rings. The molecule has 0 saturated heterocycles. The molecule has 0 aliphatic carbocycles. The van der Waals surface area contributed by atoms with Gasteiger partial charge in [0.05, 0.1) is 32.0 Å². The van der Waals surface area contributed by atoms with Crippen LogP contribution in [0.3, 0.4) is 0 Å². The van der Waals surface area contributed by atoms with Gasteiger partial charge in [0.25, 0.3) is 0 Å². The molecule has 0 N–H and O–H groups in total. The summed E-state index contributed by atoms with van der Waals surface area (Å²) in [5, 5.41) is 0.484. The summed E-state index contributed by atoms with van der Waals surface area (Å²) in [6, 6.07) is 11.3. The first-order valence-corrected chi connectivity index (χ1v) is 11.3. The molecule has 0 bridgehead atoms.